The van der Waals surface area contributed by atoms with Gasteiger partial charge in [0.1, 0.15) is 0 Å². The highest BCUT2D eigenvalue weighted by molar-refractivity contribution is 5.68. The van der Waals surface area contributed by atoms with E-state index in [1.807, 2.05) is 0 Å². The van der Waals surface area contributed by atoms with Crippen LogP contribution in [0.15, 0.2) is 0 Å². The van der Waals surface area contributed by atoms with Crippen molar-refractivity contribution < 1.29 is 18.9 Å². The molecule has 0 saturated carbocycles. The smallest absolute Gasteiger partial charge is 0.207 e. The number of nitrogens with two attached hydrogens (primary N) is 1. The van der Waals surface area contributed by atoms with Crippen LogP contribution in [0, 0.1) is 5.92 Å². The Morgan fingerprint density at radius 1 is 0.654 bits per heavy atom. The molecule has 26 heavy (non-hydrogen) atoms. The zero-order valence-corrected chi connectivity index (χ0v) is 16.9. The SMILES string of the molecule is COc1c2c(c(OC)c(OC)c1OC)CC(CCCCCCCCN)C2. The van der Waals surface area contributed by atoms with Gasteiger partial charge in [-0.25, -0.2) is 0 Å². The highest BCUT2D eigenvalue weighted by Crippen LogP contribution is 2.53. The van der Waals surface area contributed by atoms with Crippen molar-refractivity contribution in [3.05, 3.63) is 11.1 Å². The Hall–Kier alpha value is -1.62. The predicted octanol–water partition coefficient (Wildman–Crippen LogP) is 4.13. The summed E-state index contributed by atoms with van der Waals surface area (Å²) in [4.78, 5) is 0. The maximum atomic E-state index is 5.68. The Morgan fingerprint density at radius 3 is 1.50 bits per heavy atom. The van der Waals surface area contributed by atoms with E-state index in [2.05, 4.69) is 0 Å². The first-order chi connectivity index (χ1) is 12.7. The monoisotopic (exact) mass is 365 g/mol. The van der Waals surface area contributed by atoms with Crippen molar-refractivity contribution in [3.63, 3.8) is 0 Å². The molecule has 1 aromatic rings. The topological polar surface area (TPSA) is 62.9 Å². The van der Waals surface area contributed by atoms with Crippen LogP contribution in [0.2, 0.25) is 0 Å². The van der Waals surface area contributed by atoms with Crippen LogP contribution in [-0.2, 0) is 12.8 Å². The normalized spacial score (nSPS) is 13.6. The highest BCUT2D eigenvalue weighted by atomic mass is 16.5. The van der Waals surface area contributed by atoms with E-state index in [0.717, 1.165) is 37.3 Å². The van der Waals surface area contributed by atoms with Gasteiger partial charge in [-0.3, -0.25) is 0 Å². The van der Waals surface area contributed by atoms with Gasteiger partial charge in [0, 0.05) is 11.1 Å². The van der Waals surface area contributed by atoms with Crippen molar-refractivity contribution >= 4 is 0 Å². The summed E-state index contributed by atoms with van der Waals surface area (Å²) in [5, 5.41) is 0. The molecule has 0 heterocycles. The summed E-state index contributed by atoms with van der Waals surface area (Å²) in [6.45, 7) is 0.816. The van der Waals surface area contributed by atoms with Gasteiger partial charge in [0.25, 0.3) is 0 Å². The number of hydrogen-bond acceptors (Lipinski definition) is 5. The second kappa shape index (κ2) is 10.5. The van der Waals surface area contributed by atoms with Gasteiger partial charge < -0.3 is 24.7 Å². The Bertz CT molecular complexity index is 533. The fourth-order valence-electron chi connectivity index (χ4n) is 4.13. The lowest BCUT2D eigenvalue weighted by Gasteiger charge is -2.19. The predicted molar refractivity (Wildman–Crippen MR) is 105 cm³/mol. The molecular formula is C21H35NO4. The summed E-state index contributed by atoms with van der Waals surface area (Å²) in [6, 6.07) is 0. The van der Waals surface area contributed by atoms with Crippen LogP contribution in [0.4, 0.5) is 0 Å². The van der Waals surface area contributed by atoms with Crippen LogP contribution < -0.4 is 24.7 Å². The Kier molecular flexibility index (Phi) is 8.36. The molecule has 0 aliphatic heterocycles. The average Bonchev–Trinajstić information content (AvgIpc) is 3.08. The lowest BCUT2D eigenvalue weighted by atomic mass is 9.97. The number of methoxy groups -OCH3 is 4. The van der Waals surface area contributed by atoms with Gasteiger partial charge in [-0.15, -0.1) is 0 Å². The second-order valence-corrected chi connectivity index (χ2v) is 7.06. The van der Waals surface area contributed by atoms with Crippen LogP contribution in [0.3, 0.4) is 0 Å². The molecule has 0 spiro atoms. The number of ether oxygens (including phenoxy) is 4. The highest BCUT2D eigenvalue weighted by Gasteiger charge is 2.33. The van der Waals surface area contributed by atoms with Gasteiger partial charge in [0.2, 0.25) is 11.5 Å². The van der Waals surface area contributed by atoms with E-state index < -0.39 is 0 Å². The molecular weight excluding hydrogens is 330 g/mol. The van der Waals surface area contributed by atoms with E-state index in [9.17, 15) is 0 Å². The molecule has 0 radical (unpaired) electrons. The largest absolute Gasteiger partial charge is 0.492 e. The zero-order valence-electron chi connectivity index (χ0n) is 16.9. The summed E-state index contributed by atoms with van der Waals surface area (Å²) in [7, 11) is 6.67. The minimum Gasteiger partial charge on any atom is -0.492 e. The molecule has 0 atom stereocenters. The lowest BCUT2D eigenvalue weighted by Crippen LogP contribution is -2.02. The molecule has 2 N–H and O–H groups in total. The summed E-state index contributed by atoms with van der Waals surface area (Å²) in [5.41, 5.74) is 7.98. The number of fused-ring (bicyclic) bond motifs is 1. The van der Waals surface area contributed by atoms with Crippen molar-refractivity contribution in [2.24, 2.45) is 11.7 Å². The summed E-state index contributed by atoms with van der Waals surface area (Å²) in [5.74, 6) is 3.49. The van der Waals surface area contributed by atoms with Crippen LogP contribution in [0.5, 0.6) is 23.0 Å². The summed E-state index contributed by atoms with van der Waals surface area (Å²) in [6.07, 6.45) is 10.9. The van der Waals surface area contributed by atoms with Gasteiger partial charge in [-0.2, -0.15) is 0 Å². The Labute approximate surface area is 158 Å². The molecule has 0 amide bonds. The van der Waals surface area contributed by atoms with Crippen molar-refractivity contribution in [3.8, 4) is 23.0 Å². The average molecular weight is 366 g/mol. The van der Waals surface area contributed by atoms with Crippen LogP contribution in [-0.4, -0.2) is 35.0 Å². The number of hydrogen-bond donors (Lipinski definition) is 1. The second-order valence-electron chi connectivity index (χ2n) is 7.06. The molecule has 1 aliphatic carbocycles. The quantitative estimate of drug-likeness (QED) is 0.564. The van der Waals surface area contributed by atoms with Gasteiger partial charge >= 0.3 is 0 Å². The van der Waals surface area contributed by atoms with Crippen LogP contribution in [0.25, 0.3) is 0 Å². The zero-order chi connectivity index (χ0) is 18.9. The first-order valence-corrected chi connectivity index (χ1v) is 9.79. The van der Waals surface area contributed by atoms with E-state index >= 15 is 0 Å². The van der Waals surface area contributed by atoms with E-state index in [1.165, 1.54) is 49.7 Å². The van der Waals surface area contributed by atoms with E-state index in [1.54, 1.807) is 28.4 Å². The van der Waals surface area contributed by atoms with E-state index in [4.69, 9.17) is 24.7 Å². The molecule has 1 aromatic carbocycles. The standard InChI is InChI=1S/C21H35NO4/c1-23-18-16-13-15(11-9-7-5-6-8-10-12-22)14-17(16)19(24-2)21(26-4)20(18)25-3/h15H,5-14,22H2,1-4H3. The van der Waals surface area contributed by atoms with Crippen molar-refractivity contribution in [1.82, 2.24) is 0 Å². The third kappa shape index (κ3) is 4.56. The maximum absolute atomic E-state index is 5.68. The van der Waals surface area contributed by atoms with E-state index in [-0.39, 0.29) is 0 Å². The van der Waals surface area contributed by atoms with Gasteiger partial charge in [0.05, 0.1) is 28.4 Å². The fourth-order valence-corrected chi connectivity index (χ4v) is 4.13. The molecule has 2 rings (SSSR count). The molecule has 5 nitrogen and oxygen atoms in total. The molecule has 0 saturated heterocycles. The van der Waals surface area contributed by atoms with Gasteiger partial charge in [0.15, 0.2) is 11.5 Å². The number of rotatable bonds is 12. The third-order valence-electron chi connectivity index (χ3n) is 5.40. The minimum absolute atomic E-state index is 0.631. The first-order valence-electron chi connectivity index (χ1n) is 9.79. The fraction of sp³-hybridized carbons (Fsp3) is 0.714. The first kappa shape index (κ1) is 20.7. The Balaban J connectivity index is 2.02. The van der Waals surface area contributed by atoms with Crippen LogP contribution in [0.1, 0.15) is 56.1 Å². The van der Waals surface area contributed by atoms with E-state index in [0.29, 0.717) is 17.4 Å². The van der Waals surface area contributed by atoms with Crippen molar-refractivity contribution in [1.29, 1.82) is 0 Å². The molecule has 1 aliphatic rings. The molecule has 0 unspecified atom stereocenters. The minimum atomic E-state index is 0.631. The molecule has 0 bridgehead atoms. The number of unbranched alkanes of at least 4 members (excludes halogenated alkanes) is 5. The van der Waals surface area contributed by atoms with Gasteiger partial charge in [-0.1, -0.05) is 32.1 Å². The van der Waals surface area contributed by atoms with Crippen LogP contribution >= 0.6 is 0 Å². The lowest BCUT2D eigenvalue weighted by molar-refractivity contribution is 0.303. The molecule has 0 aromatic heterocycles. The van der Waals surface area contributed by atoms with Crippen molar-refractivity contribution in [2.75, 3.05) is 35.0 Å². The molecule has 5 heteroatoms. The summed E-state index contributed by atoms with van der Waals surface area (Å²) >= 11 is 0. The molecule has 148 valence electrons. The third-order valence-corrected chi connectivity index (χ3v) is 5.40. The maximum Gasteiger partial charge on any atom is 0.207 e. The summed E-state index contributed by atoms with van der Waals surface area (Å²) < 4.78 is 22.5. The molecule has 0 fully saturated rings. The van der Waals surface area contributed by atoms with Gasteiger partial charge in [-0.05, 0) is 38.1 Å². The number of benzene rings is 1. The van der Waals surface area contributed by atoms with Crippen molar-refractivity contribution in [2.45, 2.75) is 57.8 Å². The Morgan fingerprint density at radius 2 is 1.08 bits per heavy atom.